The van der Waals surface area contributed by atoms with E-state index in [1.807, 2.05) is 44.7 Å². The second-order valence-corrected chi connectivity index (χ2v) is 6.46. The van der Waals surface area contributed by atoms with Crippen LogP contribution in [-0.4, -0.2) is 29.8 Å². The quantitative estimate of drug-likeness (QED) is 0.930. The van der Waals surface area contributed by atoms with Crippen molar-refractivity contribution < 1.29 is 14.0 Å². The second kappa shape index (κ2) is 6.99. The molecule has 1 aliphatic rings. The van der Waals surface area contributed by atoms with Gasteiger partial charge in [0.25, 0.3) is 0 Å². The molecule has 0 spiro atoms. The third-order valence-electron chi connectivity index (χ3n) is 4.14. The Kier molecular flexibility index (Phi) is 5.27. The van der Waals surface area contributed by atoms with Crippen molar-refractivity contribution in [3.8, 4) is 0 Å². The van der Waals surface area contributed by atoms with Crippen LogP contribution < -0.4 is 5.32 Å². The Morgan fingerprint density at radius 2 is 2.05 bits per heavy atom. The zero-order valence-electron chi connectivity index (χ0n) is 13.9. The minimum absolute atomic E-state index is 0.00260. The number of nitrogens with one attached hydrogen (secondary N) is 1. The van der Waals surface area contributed by atoms with E-state index < -0.39 is 0 Å². The molecular weight excluding hydrogens is 280 g/mol. The number of piperidine rings is 1. The fourth-order valence-corrected chi connectivity index (χ4v) is 2.84. The minimum atomic E-state index is -0.155. The Bertz CT molecular complexity index is 536. The second-order valence-electron chi connectivity index (χ2n) is 6.46. The summed E-state index contributed by atoms with van der Waals surface area (Å²) in [6.45, 7) is 8.87. The number of rotatable bonds is 4. The zero-order chi connectivity index (χ0) is 16.3. The Hall–Kier alpha value is -1.78. The third kappa shape index (κ3) is 3.90. The summed E-state index contributed by atoms with van der Waals surface area (Å²) in [7, 11) is 0. The van der Waals surface area contributed by atoms with Crippen molar-refractivity contribution in [3.63, 3.8) is 0 Å². The van der Waals surface area contributed by atoms with Gasteiger partial charge in [0.15, 0.2) is 0 Å². The number of furan rings is 1. The lowest BCUT2D eigenvalue weighted by atomic mass is 9.95. The predicted molar refractivity (Wildman–Crippen MR) is 84.1 cm³/mol. The first kappa shape index (κ1) is 16.6. The summed E-state index contributed by atoms with van der Waals surface area (Å²) in [6, 6.07) is 3.62. The highest BCUT2D eigenvalue weighted by Gasteiger charge is 2.30. The molecule has 0 aromatic carbocycles. The lowest BCUT2D eigenvalue weighted by molar-refractivity contribution is -0.138. The minimum Gasteiger partial charge on any atom is -0.464 e. The SMILES string of the molecule is Cc1ccc(C(C)NC(=O)C2CCCN(C(=O)C(C)C)C2)o1. The fraction of sp³-hybridized carbons (Fsp3) is 0.647. The Morgan fingerprint density at radius 3 is 2.64 bits per heavy atom. The average Bonchev–Trinajstić information content (AvgIpc) is 2.93. The summed E-state index contributed by atoms with van der Waals surface area (Å²) < 4.78 is 5.55. The average molecular weight is 306 g/mol. The molecule has 122 valence electrons. The summed E-state index contributed by atoms with van der Waals surface area (Å²) in [5.41, 5.74) is 0. The molecule has 0 saturated carbocycles. The van der Waals surface area contributed by atoms with Crippen LogP contribution in [-0.2, 0) is 9.59 Å². The number of carbonyl (C=O) groups excluding carboxylic acids is 2. The Labute approximate surface area is 132 Å². The highest BCUT2D eigenvalue weighted by atomic mass is 16.3. The molecule has 22 heavy (non-hydrogen) atoms. The fourth-order valence-electron chi connectivity index (χ4n) is 2.84. The smallest absolute Gasteiger partial charge is 0.225 e. The number of likely N-dealkylation sites (tertiary alicyclic amines) is 1. The zero-order valence-corrected chi connectivity index (χ0v) is 13.9. The highest BCUT2D eigenvalue weighted by molar-refractivity contribution is 5.82. The standard InChI is InChI=1S/C17H26N2O3/c1-11(2)17(21)19-9-5-6-14(10-19)16(20)18-13(4)15-8-7-12(3)22-15/h7-8,11,13-14H,5-6,9-10H2,1-4H3,(H,18,20). The summed E-state index contributed by atoms with van der Waals surface area (Å²) in [5, 5.41) is 3.00. The monoisotopic (exact) mass is 306 g/mol. The number of aryl methyl sites for hydroxylation is 1. The molecule has 0 aliphatic carbocycles. The van der Waals surface area contributed by atoms with Gasteiger partial charge in [-0.1, -0.05) is 13.8 Å². The number of hydrogen-bond acceptors (Lipinski definition) is 3. The number of carbonyl (C=O) groups is 2. The van der Waals surface area contributed by atoms with E-state index in [9.17, 15) is 9.59 Å². The molecule has 0 bridgehead atoms. The molecule has 1 aromatic rings. The van der Waals surface area contributed by atoms with Gasteiger partial charge in [-0.25, -0.2) is 0 Å². The van der Waals surface area contributed by atoms with Crippen LogP contribution in [0.1, 0.15) is 51.2 Å². The van der Waals surface area contributed by atoms with E-state index in [2.05, 4.69) is 5.32 Å². The molecule has 2 atom stereocenters. The van der Waals surface area contributed by atoms with Gasteiger partial charge in [-0.3, -0.25) is 9.59 Å². The molecule has 1 saturated heterocycles. The van der Waals surface area contributed by atoms with Crippen LogP contribution in [0.2, 0.25) is 0 Å². The van der Waals surface area contributed by atoms with Crippen molar-refractivity contribution in [1.29, 1.82) is 0 Å². The van der Waals surface area contributed by atoms with Gasteiger partial charge in [-0.05, 0) is 38.8 Å². The molecule has 1 fully saturated rings. The van der Waals surface area contributed by atoms with Gasteiger partial charge in [-0.2, -0.15) is 0 Å². The van der Waals surface area contributed by atoms with Crippen LogP contribution in [0.25, 0.3) is 0 Å². The molecule has 2 unspecified atom stereocenters. The Morgan fingerprint density at radius 1 is 1.32 bits per heavy atom. The largest absolute Gasteiger partial charge is 0.464 e. The molecular formula is C17H26N2O3. The lowest BCUT2D eigenvalue weighted by Gasteiger charge is -2.33. The Balaban J connectivity index is 1.93. The van der Waals surface area contributed by atoms with E-state index in [1.54, 1.807) is 0 Å². The summed E-state index contributed by atoms with van der Waals surface area (Å²) >= 11 is 0. The molecule has 0 radical (unpaired) electrons. The van der Waals surface area contributed by atoms with E-state index in [0.29, 0.717) is 6.54 Å². The van der Waals surface area contributed by atoms with E-state index in [0.717, 1.165) is 30.9 Å². The van der Waals surface area contributed by atoms with Crippen LogP contribution in [0.3, 0.4) is 0 Å². The summed E-state index contributed by atoms with van der Waals surface area (Å²) in [4.78, 5) is 26.3. The summed E-state index contributed by atoms with van der Waals surface area (Å²) in [6.07, 6.45) is 1.71. The normalized spacial score (nSPS) is 20.0. The molecule has 5 heteroatoms. The molecule has 2 rings (SSSR count). The molecule has 2 amide bonds. The van der Waals surface area contributed by atoms with Crippen molar-refractivity contribution in [1.82, 2.24) is 10.2 Å². The van der Waals surface area contributed by atoms with Crippen molar-refractivity contribution in [2.45, 2.75) is 46.6 Å². The van der Waals surface area contributed by atoms with E-state index in [-0.39, 0.29) is 29.7 Å². The van der Waals surface area contributed by atoms with Gasteiger partial charge in [0.1, 0.15) is 11.5 Å². The maximum absolute atomic E-state index is 12.4. The molecule has 1 aromatic heterocycles. The first-order valence-corrected chi connectivity index (χ1v) is 8.04. The number of hydrogen-bond donors (Lipinski definition) is 1. The maximum Gasteiger partial charge on any atom is 0.225 e. The van der Waals surface area contributed by atoms with Crippen molar-refractivity contribution >= 4 is 11.8 Å². The van der Waals surface area contributed by atoms with Crippen molar-refractivity contribution in [3.05, 3.63) is 23.7 Å². The van der Waals surface area contributed by atoms with Gasteiger partial charge >= 0.3 is 0 Å². The molecule has 2 heterocycles. The third-order valence-corrected chi connectivity index (χ3v) is 4.14. The van der Waals surface area contributed by atoms with Gasteiger partial charge in [-0.15, -0.1) is 0 Å². The first-order valence-electron chi connectivity index (χ1n) is 8.04. The number of nitrogens with zero attached hydrogens (tertiary/aromatic N) is 1. The van der Waals surface area contributed by atoms with Crippen molar-refractivity contribution in [2.75, 3.05) is 13.1 Å². The topological polar surface area (TPSA) is 62.6 Å². The van der Waals surface area contributed by atoms with Gasteiger partial charge in [0, 0.05) is 19.0 Å². The maximum atomic E-state index is 12.4. The lowest BCUT2D eigenvalue weighted by Crippen LogP contribution is -2.47. The highest BCUT2D eigenvalue weighted by Crippen LogP contribution is 2.21. The van der Waals surface area contributed by atoms with Gasteiger partial charge in [0.05, 0.1) is 12.0 Å². The van der Waals surface area contributed by atoms with Gasteiger partial charge in [0.2, 0.25) is 11.8 Å². The van der Waals surface area contributed by atoms with Crippen LogP contribution in [0, 0.1) is 18.8 Å². The van der Waals surface area contributed by atoms with E-state index in [1.165, 1.54) is 0 Å². The molecule has 1 N–H and O–H groups in total. The molecule has 1 aliphatic heterocycles. The van der Waals surface area contributed by atoms with Crippen LogP contribution >= 0.6 is 0 Å². The predicted octanol–water partition coefficient (Wildman–Crippen LogP) is 2.66. The van der Waals surface area contributed by atoms with Gasteiger partial charge < -0.3 is 14.6 Å². The molecule has 5 nitrogen and oxygen atoms in total. The van der Waals surface area contributed by atoms with Crippen LogP contribution in [0.5, 0.6) is 0 Å². The van der Waals surface area contributed by atoms with Crippen molar-refractivity contribution in [2.24, 2.45) is 11.8 Å². The van der Waals surface area contributed by atoms with Crippen LogP contribution in [0.15, 0.2) is 16.5 Å². The van der Waals surface area contributed by atoms with E-state index >= 15 is 0 Å². The van der Waals surface area contributed by atoms with Crippen LogP contribution in [0.4, 0.5) is 0 Å². The van der Waals surface area contributed by atoms with E-state index in [4.69, 9.17) is 4.42 Å². The first-order chi connectivity index (χ1) is 10.4. The summed E-state index contributed by atoms with van der Waals surface area (Å²) in [5.74, 6) is 1.58. The number of amides is 2.